The number of aryl methyl sites for hydroxylation is 2. The number of anilines is 2. The molecule has 2 aromatic carbocycles. The van der Waals surface area contributed by atoms with Crippen LogP contribution in [0.5, 0.6) is 0 Å². The molecule has 0 fully saturated rings. The van der Waals surface area contributed by atoms with Crippen LogP contribution in [0, 0.1) is 12.3 Å². The van der Waals surface area contributed by atoms with Gasteiger partial charge in [-0.2, -0.15) is 0 Å². The molecular weight excluding hydrogens is 344 g/mol. The second-order valence-electron chi connectivity index (χ2n) is 7.62. The Bertz CT molecular complexity index is 916. The molecule has 3 rings (SSSR count). The van der Waals surface area contributed by atoms with Gasteiger partial charge in [0.2, 0.25) is 0 Å². The maximum absolute atomic E-state index is 6.30. The first-order chi connectivity index (χ1) is 13.3. The van der Waals surface area contributed by atoms with E-state index >= 15 is 0 Å². The van der Waals surface area contributed by atoms with E-state index in [0.717, 1.165) is 28.3 Å². The van der Waals surface area contributed by atoms with Crippen LogP contribution < -0.4 is 14.4 Å². The maximum Gasteiger partial charge on any atom is 0.283 e. The first-order valence-corrected chi connectivity index (χ1v) is 9.36. The van der Waals surface area contributed by atoms with E-state index in [1.54, 1.807) is 0 Å². The minimum Gasteiger partial charge on any atom is -0.378 e. The molecule has 0 spiro atoms. The summed E-state index contributed by atoms with van der Waals surface area (Å²) in [7, 11) is 12.3. The molecule has 3 aromatic rings. The van der Waals surface area contributed by atoms with Crippen LogP contribution in [0.3, 0.4) is 0 Å². The van der Waals surface area contributed by atoms with Crippen molar-refractivity contribution in [3.63, 3.8) is 0 Å². The highest BCUT2D eigenvalue weighted by molar-refractivity contribution is 5.59. The topological polar surface area (TPSA) is 15.3 Å². The zero-order valence-corrected chi connectivity index (χ0v) is 17.6. The largest absolute Gasteiger partial charge is 0.378 e. The molecular formula is C24H29N4+. The summed E-state index contributed by atoms with van der Waals surface area (Å²) in [6.07, 6.45) is 10.4. The lowest BCUT2D eigenvalue weighted by atomic mass is 9.74. The first kappa shape index (κ1) is 19.6. The number of imidazole rings is 1. The Labute approximate surface area is 168 Å². The minimum atomic E-state index is -0.692. The smallest absolute Gasteiger partial charge is 0.283 e. The van der Waals surface area contributed by atoms with Crippen molar-refractivity contribution in [1.82, 2.24) is 4.57 Å². The van der Waals surface area contributed by atoms with Crippen molar-refractivity contribution in [2.45, 2.75) is 5.41 Å². The highest BCUT2D eigenvalue weighted by Gasteiger charge is 2.44. The molecule has 1 aromatic heterocycles. The summed E-state index contributed by atoms with van der Waals surface area (Å²) < 4.78 is 4.22. The Morgan fingerprint density at radius 1 is 0.857 bits per heavy atom. The molecule has 144 valence electrons. The number of aromatic nitrogens is 2. The van der Waals surface area contributed by atoms with Gasteiger partial charge in [0.1, 0.15) is 12.4 Å². The Morgan fingerprint density at radius 2 is 1.29 bits per heavy atom. The van der Waals surface area contributed by atoms with Crippen molar-refractivity contribution >= 4 is 11.4 Å². The zero-order chi connectivity index (χ0) is 20.5. The second-order valence-corrected chi connectivity index (χ2v) is 7.62. The fourth-order valence-corrected chi connectivity index (χ4v) is 3.79. The van der Waals surface area contributed by atoms with Crippen molar-refractivity contribution in [3.8, 4) is 12.3 Å². The molecule has 4 heteroatoms. The van der Waals surface area contributed by atoms with Crippen LogP contribution in [0.25, 0.3) is 0 Å². The van der Waals surface area contributed by atoms with Crippen molar-refractivity contribution in [1.29, 1.82) is 0 Å². The lowest BCUT2D eigenvalue weighted by Gasteiger charge is -2.28. The number of rotatable bonds is 5. The lowest BCUT2D eigenvalue weighted by Crippen LogP contribution is -2.44. The number of nitrogens with zero attached hydrogens (tertiary/aromatic N) is 4. The fourth-order valence-electron chi connectivity index (χ4n) is 3.79. The van der Waals surface area contributed by atoms with E-state index in [1.807, 2.05) is 54.7 Å². The lowest BCUT2D eigenvalue weighted by molar-refractivity contribution is -0.680. The van der Waals surface area contributed by atoms with Crippen LogP contribution in [0.4, 0.5) is 11.4 Å². The normalized spacial score (nSPS) is 11.2. The van der Waals surface area contributed by atoms with E-state index in [9.17, 15) is 0 Å². The molecule has 0 saturated heterocycles. The SMILES string of the molecule is C#CC(c1ccc(N(C)C)cc1)(c1ccc(N(C)C)cc1)c1n(C)cc[n+]1C. The monoisotopic (exact) mass is 373 g/mol. The van der Waals surface area contributed by atoms with Gasteiger partial charge in [-0.15, -0.1) is 6.42 Å². The molecule has 0 aliphatic heterocycles. The predicted molar refractivity (Wildman–Crippen MR) is 117 cm³/mol. The Morgan fingerprint density at radius 3 is 1.57 bits per heavy atom. The van der Waals surface area contributed by atoms with Crippen molar-refractivity contribution < 1.29 is 4.57 Å². The summed E-state index contributed by atoms with van der Waals surface area (Å²) in [6.45, 7) is 0. The number of terminal acetylenes is 1. The average molecular weight is 374 g/mol. The minimum absolute atomic E-state index is 0.692. The van der Waals surface area contributed by atoms with Crippen LogP contribution >= 0.6 is 0 Å². The van der Waals surface area contributed by atoms with E-state index in [2.05, 4.69) is 73.4 Å². The Hall–Kier alpha value is -3.19. The molecule has 0 N–H and O–H groups in total. The zero-order valence-electron chi connectivity index (χ0n) is 17.6. The van der Waals surface area contributed by atoms with Gasteiger partial charge in [-0.25, -0.2) is 9.13 Å². The summed E-state index contributed by atoms with van der Waals surface area (Å²) in [5, 5.41) is 0. The summed E-state index contributed by atoms with van der Waals surface area (Å²) >= 11 is 0. The van der Waals surface area contributed by atoms with Crippen LogP contribution in [0.15, 0.2) is 60.9 Å². The molecule has 0 aliphatic carbocycles. The quantitative estimate of drug-likeness (QED) is 0.505. The highest BCUT2D eigenvalue weighted by atomic mass is 15.1. The third-order valence-electron chi connectivity index (χ3n) is 5.37. The van der Waals surface area contributed by atoms with Gasteiger partial charge in [-0.1, -0.05) is 30.2 Å². The summed E-state index contributed by atoms with van der Waals surface area (Å²) in [4.78, 5) is 4.19. The van der Waals surface area contributed by atoms with Crippen LogP contribution in [-0.2, 0) is 19.5 Å². The van der Waals surface area contributed by atoms with E-state index < -0.39 is 5.41 Å². The van der Waals surface area contributed by atoms with E-state index in [0.29, 0.717) is 0 Å². The van der Waals surface area contributed by atoms with Gasteiger partial charge in [-0.3, -0.25) is 0 Å². The Balaban J connectivity index is 2.28. The Kier molecular flexibility index (Phi) is 5.20. The van der Waals surface area contributed by atoms with Gasteiger partial charge in [0.15, 0.2) is 5.41 Å². The molecule has 0 bridgehead atoms. The van der Waals surface area contributed by atoms with E-state index in [4.69, 9.17) is 6.42 Å². The van der Waals surface area contributed by atoms with Gasteiger partial charge < -0.3 is 9.80 Å². The van der Waals surface area contributed by atoms with Gasteiger partial charge >= 0.3 is 0 Å². The van der Waals surface area contributed by atoms with Gasteiger partial charge in [0.25, 0.3) is 5.82 Å². The molecule has 0 saturated carbocycles. The molecule has 28 heavy (non-hydrogen) atoms. The van der Waals surface area contributed by atoms with E-state index in [1.165, 1.54) is 0 Å². The third kappa shape index (κ3) is 3.14. The van der Waals surface area contributed by atoms with Gasteiger partial charge in [0, 0.05) is 39.6 Å². The van der Waals surface area contributed by atoms with Crippen molar-refractivity contribution in [2.75, 3.05) is 38.0 Å². The average Bonchev–Trinajstić information content (AvgIpc) is 3.03. The standard InChI is InChI=1S/C24H29N4/c1-8-24(23-27(6)17-18-28(23)7,19-9-13-21(14-10-19)25(2)3)20-11-15-22(16-12-20)26(4)5/h1,9-18H,2-7H3/q+1. The third-order valence-corrected chi connectivity index (χ3v) is 5.37. The second kappa shape index (κ2) is 7.44. The molecule has 0 aliphatic rings. The molecule has 0 amide bonds. The summed E-state index contributed by atoms with van der Waals surface area (Å²) in [5.41, 5.74) is 3.76. The van der Waals surface area contributed by atoms with Gasteiger partial charge in [-0.05, 0) is 35.4 Å². The maximum atomic E-state index is 6.30. The molecule has 0 atom stereocenters. The number of hydrogen-bond acceptors (Lipinski definition) is 2. The first-order valence-electron chi connectivity index (χ1n) is 9.36. The highest BCUT2D eigenvalue weighted by Crippen LogP contribution is 2.38. The van der Waals surface area contributed by atoms with E-state index in [-0.39, 0.29) is 0 Å². The van der Waals surface area contributed by atoms with Gasteiger partial charge in [0.05, 0.1) is 14.1 Å². The van der Waals surface area contributed by atoms with Crippen LogP contribution in [0.1, 0.15) is 17.0 Å². The van der Waals surface area contributed by atoms with Crippen molar-refractivity contribution in [2.24, 2.45) is 14.1 Å². The molecule has 4 nitrogen and oxygen atoms in total. The van der Waals surface area contributed by atoms with Crippen molar-refractivity contribution in [3.05, 3.63) is 77.9 Å². The number of benzene rings is 2. The fraction of sp³-hybridized carbons (Fsp3) is 0.292. The summed E-state index contributed by atoms with van der Waals surface area (Å²) in [6, 6.07) is 17.1. The number of hydrogen-bond donors (Lipinski definition) is 0. The van der Waals surface area contributed by atoms with Crippen LogP contribution in [-0.4, -0.2) is 32.8 Å². The summed E-state index contributed by atoms with van der Waals surface area (Å²) in [5.74, 6) is 4.21. The molecule has 0 unspecified atom stereocenters. The molecule has 0 radical (unpaired) electrons. The predicted octanol–water partition coefficient (Wildman–Crippen LogP) is 2.95. The van der Waals surface area contributed by atoms with Crippen LogP contribution in [0.2, 0.25) is 0 Å². The molecule has 1 heterocycles.